The molecule has 0 aliphatic rings. The van der Waals surface area contributed by atoms with E-state index in [0.717, 1.165) is 16.5 Å². The Kier molecular flexibility index (Phi) is 4.13. The molecule has 0 aliphatic carbocycles. The molecule has 0 spiro atoms. The van der Waals surface area contributed by atoms with Crippen molar-refractivity contribution in [3.8, 4) is 0 Å². The van der Waals surface area contributed by atoms with Crippen LogP contribution in [0.4, 0.5) is 5.69 Å². The Morgan fingerprint density at radius 3 is 2.53 bits per heavy atom. The lowest BCUT2D eigenvalue weighted by atomic mass is 10.1. The van der Waals surface area contributed by atoms with E-state index >= 15 is 0 Å². The number of fused-ring (bicyclic) bond motifs is 1. The van der Waals surface area contributed by atoms with E-state index in [1.54, 1.807) is 0 Å². The summed E-state index contributed by atoms with van der Waals surface area (Å²) in [7, 11) is 1.31. The van der Waals surface area contributed by atoms with E-state index in [-0.39, 0.29) is 24.7 Å². The molecule has 0 heterocycles. The number of carbonyl (C=O) groups is 2. The minimum Gasteiger partial charge on any atom is -0.469 e. The van der Waals surface area contributed by atoms with E-state index in [1.807, 2.05) is 42.5 Å². The highest BCUT2D eigenvalue weighted by atomic mass is 16.5. The van der Waals surface area contributed by atoms with Crippen LogP contribution in [0.3, 0.4) is 0 Å². The highest BCUT2D eigenvalue weighted by Gasteiger charge is 2.07. The number of esters is 1. The molecule has 2 aromatic carbocycles. The van der Waals surface area contributed by atoms with Gasteiger partial charge in [0.05, 0.1) is 13.5 Å². The van der Waals surface area contributed by atoms with Gasteiger partial charge in [-0.25, -0.2) is 0 Å². The number of carbonyl (C=O) groups excluding carboxylic acids is 2. The van der Waals surface area contributed by atoms with Gasteiger partial charge in [0.15, 0.2) is 0 Å². The molecule has 0 aromatic heterocycles. The van der Waals surface area contributed by atoms with Crippen molar-refractivity contribution >= 4 is 28.3 Å². The van der Waals surface area contributed by atoms with Gasteiger partial charge in [-0.1, -0.05) is 30.3 Å². The molecular formula is C15H15NO3. The first-order valence-corrected chi connectivity index (χ1v) is 6.04. The molecule has 0 radical (unpaired) electrons. The standard InChI is InChI=1S/C15H15NO3/c1-19-15(18)9-8-14(17)16-13-7-6-11-4-2-3-5-12(11)10-13/h2-7,10H,8-9H2,1H3,(H,16,17). The largest absolute Gasteiger partial charge is 0.469 e. The molecule has 0 unspecified atom stereocenters. The molecule has 4 nitrogen and oxygen atoms in total. The molecule has 98 valence electrons. The average Bonchev–Trinajstić information content (AvgIpc) is 2.44. The molecular weight excluding hydrogens is 242 g/mol. The molecule has 0 atom stereocenters. The van der Waals surface area contributed by atoms with Gasteiger partial charge in [0.25, 0.3) is 0 Å². The third-order valence-corrected chi connectivity index (χ3v) is 2.82. The minimum absolute atomic E-state index is 0.0932. The van der Waals surface area contributed by atoms with E-state index in [0.29, 0.717) is 0 Å². The van der Waals surface area contributed by atoms with Gasteiger partial charge in [0.1, 0.15) is 0 Å². The normalized spacial score (nSPS) is 10.2. The smallest absolute Gasteiger partial charge is 0.306 e. The van der Waals surface area contributed by atoms with Crippen molar-refractivity contribution in [2.24, 2.45) is 0 Å². The van der Waals surface area contributed by atoms with Crippen molar-refractivity contribution in [1.82, 2.24) is 0 Å². The van der Waals surface area contributed by atoms with Crippen LogP contribution in [0.15, 0.2) is 42.5 Å². The van der Waals surface area contributed by atoms with Crippen LogP contribution >= 0.6 is 0 Å². The Bertz CT molecular complexity index is 607. The van der Waals surface area contributed by atoms with Gasteiger partial charge >= 0.3 is 5.97 Å². The predicted molar refractivity (Wildman–Crippen MR) is 73.8 cm³/mol. The van der Waals surface area contributed by atoms with Gasteiger partial charge in [0.2, 0.25) is 5.91 Å². The van der Waals surface area contributed by atoms with E-state index in [4.69, 9.17) is 0 Å². The zero-order valence-corrected chi connectivity index (χ0v) is 10.7. The van der Waals surface area contributed by atoms with Crippen molar-refractivity contribution in [3.63, 3.8) is 0 Å². The fourth-order valence-corrected chi connectivity index (χ4v) is 1.81. The summed E-state index contributed by atoms with van der Waals surface area (Å²) < 4.78 is 4.49. The lowest BCUT2D eigenvalue weighted by molar-refractivity contribution is -0.141. The number of anilines is 1. The van der Waals surface area contributed by atoms with Crippen molar-refractivity contribution in [2.45, 2.75) is 12.8 Å². The number of benzene rings is 2. The summed E-state index contributed by atoms with van der Waals surface area (Å²) in [5, 5.41) is 4.95. The fourth-order valence-electron chi connectivity index (χ4n) is 1.81. The number of hydrogen-bond donors (Lipinski definition) is 1. The molecule has 1 amide bonds. The maximum atomic E-state index is 11.7. The number of amides is 1. The number of ether oxygens (including phenoxy) is 1. The summed E-state index contributed by atoms with van der Waals surface area (Å²) in [4.78, 5) is 22.6. The third-order valence-electron chi connectivity index (χ3n) is 2.82. The van der Waals surface area contributed by atoms with Gasteiger partial charge in [-0.05, 0) is 22.9 Å². The second-order valence-corrected chi connectivity index (χ2v) is 4.19. The van der Waals surface area contributed by atoms with E-state index in [1.165, 1.54) is 7.11 Å². The van der Waals surface area contributed by atoms with Crippen LogP contribution in [0.25, 0.3) is 10.8 Å². The van der Waals surface area contributed by atoms with Crippen LogP contribution in [0.1, 0.15) is 12.8 Å². The topological polar surface area (TPSA) is 55.4 Å². The van der Waals surface area contributed by atoms with Crippen LogP contribution in [-0.2, 0) is 14.3 Å². The Hall–Kier alpha value is -2.36. The van der Waals surface area contributed by atoms with Crippen molar-refractivity contribution in [2.75, 3.05) is 12.4 Å². The number of hydrogen-bond acceptors (Lipinski definition) is 3. The average molecular weight is 257 g/mol. The molecule has 4 heteroatoms. The van der Waals surface area contributed by atoms with Crippen LogP contribution in [0, 0.1) is 0 Å². The van der Waals surface area contributed by atoms with Gasteiger partial charge < -0.3 is 10.1 Å². The van der Waals surface area contributed by atoms with Gasteiger partial charge in [-0.15, -0.1) is 0 Å². The predicted octanol–water partition coefficient (Wildman–Crippen LogP) is 2.73. The summed E-state index contributed by atoms with van der Waals surface area (Å²) in [6, 6.07) is 13.6. The van der Waals surface area contributed by atoms with Crippen molar-refractivity contribution < 1.29 is 14.3 Å². The molecule has 2 aromatic rings. The van der Waals surface area contributed by atoms with Gasteiger partial charge in [-0.2, -0.15) is 0 Å². The van der Waals surface area contributed by atoms with Crippen LogP contribution in [-0.4, -0.2) is 19.0 Å². The molecule has 1 N–H and O–H groups in total. The Labute approximate surface area is 111 Å². The Morgan fingerprint density at radius 2 is 1.79 bits per heavy atom. The maximum Gasteiger partial charge on any atom is 0.306 e. The number of methoxy groups -OCH3 is 1. The highest BCUT2D eigenvalue weighted by molar-refractivity contribution is 5.95. The van der Waals surface area contributed by atoms with Gasteiger partial charge in [-0.3, -0.25) is 9.59 Å². The first-order valence-electron chi connectivity index (χ1n) is 6.04. The summed E-state index contributed by atoms with van der Waals surface area (Å²) in [5.41, 5.74) is 0.730. The number of rotatable bonds is 4. The number of nitrogens with one attached hydrogen (secondary N) is 1. The summed E-state index contributed by atoms with van der Waals surface area (Å²) in [6.07, 6.45) is 0.218. The Balaban J connectivity index is 2.01. The van der Waals surface area contributed by atoms with E-state index < -0.39 is 0 Å². The first kappa shape index (κ1) is 13.1. The second kappa shape index (κ2) is 6.00. The zero-order chi connectivity index (χ0) is 13.7. The SMILES string of the molecule is COC(=O)CCC(=O)Nc1ccc2ccccc2c1. The van der Waals surface area contributed by atoms with E-state index in [9.17, 15) is 9.59 Å². The van der Waals surface area contributed by atoms with Crippen molar-refractivity contribution in [1.29, 1.82) is 0 Å². The van der Waals surface area contributed by atoms with Crippen LogP contribution in [0.5, 0.6) is 0 Å². The molecule has 0 fully saturated rings. The summed E-state index contributed by atoms with van der Waals surface area (Å²) >= 11 is 0. The quantitative estimate of drug-likeness (QED) is 0.857. The molecule has 0 aliphatic heterocycles. The summed E-state index contributed by atoms with van der Waals surface area (Å²) in [5.74, 6) is -0.575. The highest BCUT2D eigenvalue weighted by Crippen LogP contribution is 2.18. The van der Waals surface area contributed by atoms with Crippen LogP contribution in [0.2, 0.25) is 0 Å². The first-order chi connectivity index (χ1) is 9.19. The molecule has 0 bridgehead atoms. The molecule has 19 heavy (non-hydrogen) atoms. The molecule has 0 saturated heterocycles. The van der Waals surface area contributed by atoms with Gasteiger partial charge in [0, 0.05) is 12.1 Å². The maximum absolute atomic E-state index is 11.7. The lowest BCUT2D eigenvalue weighted by Gasteiger charge is -2.06. The molecule has 0 saturated carbocycles. The van der Waals surface area contributed by atoms with Crippen molar-refractivity contribution in [3.05, 3.63) is 42.5 Å². The van der Waals surface area contributed by atoms with E-state index in [2.05, 4.69) is 10.1 Å². The second-order valence-electron chi connectivity index (χ2n) is 4.19. The van der Waals surface area contributed by atoms with Crippen LogP contribution < -0.4 is 5.32 Å². The third kappa shape index (κ3) is 3.55. The lowest BCUT2D eigenvalue weighted by Crippen LogP contribution is -2.13. The minimum atomic E-state index is -0.381. The zero-order valence-electron chi connectivity index (χ0n) is 10.7. The fraction of sp³-hybridized carbons (Fsp3) is 0.200. The summed E-state index contributed by atoms with van der Waals surface area (Å²) in [6.45, 7) is 0. The Morgan fingerprint density at radius 1 is 1.05 bits per heavy atom. The monoisotopic (exact) mass is 257 g/mol. The molecule has 2 rings (SSSR count).